The van der Waals surface area contributed by atoms with E-state index in [0.717, 1.165) is 21.7 Å². The molecule has 3 heterocycles. The van der Waals surface area contributed by atoms with Gasteiger partial charge in [-0.1, -0.05) is 24.3 Å². The minimum Gasteiger partial charge on any atom is -0.391 e. The minimum atomic E-state index is -0.766. The number of likely N-dealkylation sites (tertiary alicyclic amines) is 1. The van der Waals surface area contributed by atoms with E-state index in [1.807, 2.05) is 36.7 Å². The lowest BCUT2D eigenvalue weighted by Crippen LogP contribution is -2.58. The molecule has 176 valence electrons. The highest BCUT2D eigenvalue weighted by Gasteiger charge is 2.42. The van der Waals surface area contributed by atoms with Gasteiger partial charge in [0.1, 0.15) is 12.1 Å². The number of carbonyl (C=O) groups excluding carboxylic acids is 3. The van der Waals surface area contributed by atoms with Crippen LogP contribution in [-0.2, 0) is 20.9 Å². The first-order valence-corrected chi connectivity index (χ1v) is 12.0. The van der Waals surface area contributed by atoms with Crippen molar-refractivity contribution >= 4 is 29.1 Å². The van der Waals surface area contributed by atoms with Gasteiger partial charge >= 0.3 is 0 Å². The first-order chi connectivity index (χ1) is 15.8. The van der Waals surface area contributed by atoms with Crippen LogP contribution in [-0.4, -0.2) is 82.0 Å². The summed E-state index contributed by atoms with van der Waals surface area (Å²) in [5.74, 6) is -0.757. The van der Waals surface area contributed by atoms with Crippen LogP contribution in [0.25, 0.3) is 10.4 Å². The molecule has 1 aromatic carbocycles. The van der Waals surface area contributed by atoms with Crippen LogP contribution < -0.4 is 10.6 Å². The standard InChI is InChI=1S/C23H29N5O4S/c1-14-21(33-13-26-14)17-5-3-16(4-6-17)10-25-22(31)19-9-18(29)12-28(19)23(32)15(2)27-8-7-24-11-20(27)30/h3-6,13,15,18-19,24,29H,7-12H2,1-2H3,(H,25,31)/t15?,18-,19+/m1/s1. The van der Waals surface area contributed by atoms with Crippen LogP contribution in [0.15, 0.2) is 29.8 Å². The normalized spacial score (nSPS) is 21.8. The average molecular weight is 472 g/mol. The highest BCUT2D eigenvalue weighted by atomic mass is 32.1. The smallest absolute Gasteiger partial charge is 0.245 e. The molecule has 0 saturated carbocycles. The fourth-order valence-electron chi connectivity index (χ4n) is 4.37. The maximum atomic E-state index is 13.1. The van der Waals surface area contributed by atoms with Gasteiger partial charge in [0.25, 0.3) is 0 Å². The molecule has 2 saturated heterocycles. The zero-order valence-electron chi connectivity index (χ0n) is 18.8. The number of β-amino-alcohol motifs (C(OH)–C–C–N with tert-alkyl or cyclic N) is 1. The summed E-state index contributed by atoms with van der Waals surface area (Å²) in [4.78, 5) is 46.6. The van der Waals surface area contributed by atoms with Gasteiger partial charge in [0.2, 0.25) is 17.7 Å². The highest BCUT2D eigenvalue weighted by Crippen LogP contribution is 2.27. The van der Waals surface area contributed by atoms with E-state index in [9.17, 15) is 19.5 Å². The average Bonchev–Trinajstić information content (AvgIpc) is 3.42. The molecular formula is C23H29N5O4S. The zero-order chi connectivity index (χ0) is 23.5. The van der Waals surface area contributed by atoms with Crippen molar-refractivity contribution in [3.05, 3.63) is 41.0 Å². The van der Waals surface area contributed by atoms with Crippen molar-refractivity contribution in [3.63, 3.8) is 0 Å². The zero-order valence-corrected chi connectivity index (χ0v) is 19.6. The van der Waals surface area contributed by atoms with Crippen molar-refractivity contribution in [3.8, 4) is 10.4 Å². The van der Waals surface area contributed by atoms with E-state index in [-0.39, 0.29) is 37.2 Å². The molecule has 3 atom stereocenters. The summed E-state index contributed by atoms with van der Waals surface area (Å²) >= 11 is 1.59. The van der Waals surface area contributed by atoms with Crippen LogP contribution in [0, 0.1) is 6.92 Å². The minimum absolute atomic E-state index is 0.0877. The first kappa shape index (κ1) is 23.3. The summed E-state index contributed by atoms with van der Waals surface area (Å²) in [5, 5.41) is 16.1. The Hall–Kier alpha value is -2.82. The monoisotopic (exact) mass is 471 g/mol. The largest absolute Gasteiger partial charge is 0.391 e. The summed E-state index contributed by atoms with van der Waals surface area (Å²) in [7, 11) is 0. The molecule has 0 aliphatic carbocycles. The topological polar surface area (TPSA) is 115 Å². The molecule has 0 bridgehead atoms. The van der Waals surface area contributed by atoms with Gasteiger partial charge < -0.3 is 25.5 Å². The maximum absolute atomic E-state index is 13.1. The molecule has 0 radical (unpaired) electrons. The predicted molar refractivity (Wildman–Crippen MR) is 124 cm³/mol. The van der Waals surface area contributed by atoms with Crippen molar-refractivity contribution < 1.29 is 19.5 Å². The Bertz CT molecular complexity index is 1020. The molecular weight excluding hydrogens is 442 g/mol. The Morgan fingerprint density at radius 2 is 2.09 bits per heavy atom. The summed E-state index contributed by atoms with van der Waals surface area (Å²) < 4.78 is 0. The summed E-state index contributed by atoms with van der Waals surface area (Å²) in [6.45, 7) is 5.32. The summed E-state index contributed by atoms with van der Waals surface area (Å²) in [5.41, 5.74) is 4.82. The third kappa shape index (κ3) is 5.07. The molecule has 2 fully saturated rings. The molecule has 1 aromatic heterocycles. The fourth-order valence-corrected chi connectivity index (χ4v) is 5.18. The first-order valence-electron chi connectivity index (χ1n) is 11.1. The molecule has 2 aliphatic heterocycles. The van der Waals surface area contributed by atoms with Gasteiger partial charge in [0.05, 0.1) is 28.7 Å². The third-order valence-corrected chi connectivity index (χ3v) is 7.22. The molecule has 1 unspecified atom stereocenters. The number of rotatable bonds is 6. The van der Waals surface area contributed by atoms with E-state index in [2.05, 4.69) is 15.6 Å². The van der Waals surface area contributed by atoms with Crippen molar-refractivity contribution in [1.82, 2.24) is 25.4 Å². The van der Waals surface area contributed by atoms with Crippen molar-refractivity contribution in [2.75, 3.05) is 26.2 Å². The van der Waals surface area contributed by atoms with Crippen LogP contribution >= 0.6 is 11.3 Å². The van der Waals surface area contributed by atoms with Crippen molar-refractivity contribution in [2.45, 2.75) is 45.0 Å². The molecule has 10 heteroatoms. The second-order valence-corrected chi connectivity index (χ2v) is 9.37. The third-order valence-electron chi connectivity index (χ3n) is 6.24. The number of aromatic nitrogens is 1. The molecule has 33 heavy (non-hydrogen) atoms. The molecule has 3 N–H and O–H groups in total. The van der Waals surface area contributed by atoms with Gasteiger partial charge in [-0.3, -0.25) is 14.4 Å². The van der Waals surface area contributed by atoms with Gasteiger partial charge in [-0.05, 0) is 25.0 Å². The van der Waals surface area contributed by atoms with E-state index in [1.54, 1.807) is 18.3 Å². The number of piperazine rings is 1. The summed E-state index contributed by atoms with van der Waals surface area (Å²) in [6, 6.07) is 6.49. The molecule has 0 spiro atoms. The van der Waals surface area contributed by atoms with Gasteiger partial charge in [0.15, 0.2) is 0 Å². The number of aryl methyl sites for hydroxylation is 1. The maximum Gasteiger partial charge on any atom is 0.245 e. The Labute approximate surface area is 196 Å². The van der Waals surface area contributed by atoms with Crippen LogP contribution in [0.1, 0.15) is 24.6 Å². The van der Waals surface area contributed by atoms with E-state index < -0.39 is 18.2 Å². The molecule has 3 amide bonds. The van der Waals surface area contributed by atoms with Crippen LogP contribution in [0.3, 0.4) is 0 Å². The van der Waals surface area contributed by atoms with Crippen molar-refractivity contribution in [1.29, 1.82) is 0 Å². The second kappa shape index (κ2) is 9.98. The number of aliphatic hydroxyl groups is 1. The molecule has 9 nitrogen and oxygen atoms in total. The number of hydrogen-bond donors (Lipinski definition) is 3. The Morgan fingerprint density at radius 3 is 2.76 bits per heavy atom. The van der Waals surface area contributed by atoms with Gasteiger partial charge in [0, 0.05) is 32.6 Å². The fraction of sp³-hybridized carbons (Fsp3) is 0.478. The predicted octanol–water partition coefficient (Wildman–Crippen LogP) is 0.517. The van der Waals surface area contributed by atoms with Gasteiger partial charge in [-0.2, -0.15) is 0 Å². The Kier molecular flexibility index (Phi) is 7.06. The SMILES string of the molecule is Cc1ncsc1-c1ccc(CNC(=O)[C@@H]2C[C@@H](O)CN2C(=O)C(C)N2CCNCC2=O)cc1. The lowest BCUT2D eigenvalue weighted by Gasteiger charge is -2.35. The number of amides is 3. The van der Waals surface area contributed by atoms with E-state index in [0.29, 0.717) is 19.6 Å². The summed E-state index contributed by atoms with van der Waals surface area (Å²) in [6.07, 6.45) is -0.582. The Morgan fingerprint density at radius 1 is 1.33 bits per heavy atom. The van der Waals surface area contributed by atoms with Crippen molar-refractivity contribution in [2.24, 2.45) is 0 Å². The number of hydrogen-bond acceptors (Lipinski definition) is 7. The van der Waals surface area contributed by atoms with Crippen LogP contribution in [0.2, 0.25) is 0 Å². The Balaban J connectivity index is 1.38. The van der Waals surface area contributed by atoms with E-state index >= 15 is 0 Å². The lowest BCUT2D eigenvalue weighted by molar-refractivity contribution is -0.148. The number of thiazole rings is 1. The number of nitrogens with zero attached hydrogens (tertiary/aromatic N) is 3. The van der Waals surface area contributed by atoms with E-state index in [1.165, 1.54) is 9.80 Å². The second-order valence-electron chi connectivity index (χ2n) is 8.52. The highest BCUT2D eigenvalue weighted by molar-refractivity contribution is 7.13. The van der Waals surface area contributed by atoms with Crippen LogP contribution in [0.5, 0.6) is 0 Å². The molecule has 4 rings (SSSR count). The molecule has 2 aromatic rings. The number of aliphatic hydroxyl groups excluding tert-OH is 1. The van der Waals surface area contributed by atoms with Gasteiger partial charge in [-0.25, -0.2) is 4.98 Å². The van der Waals surface area contributed by atoms with Crippen LogP contribution in [0.4, 0.5) is 0 Å². The van der Waals surface area contributed by atoms with E-state index in [4.69, 9.17) is 0 Å². The quantitative estimate of drug-likeness (QED) is 0.566. The number of nitrogens with one attached hydrogen (secondary N) is 2. The molecule has 2 aliphatic rings. The van der Waals surface area contributed by atoms with Gasteiger partial charge in [-0.15, -0.1) is 11.3 Å². The number of benzene rings is 1. The lowest BCUT2D eigenvalue weighted by atomic mass is 10.1. The number of carbonyl (C=O) groups is 3.